The first-order valence-electron chi connectivity index (χ1n) is 6.50. The lowest BCUT2D eigenvalue weighted by atomic mass is 10.2. The molecule has 0 aliphatic heterocycles. The highest BCUT2D eigenvalue weighted by Crippen LogP contribution is 2.30. The third-order valence-corrected chi connectivity index (χ3v) is 2.82. The van der Waals surface area contributed by atoms with Gasteiger partial charge >= 0.3 is 5.69 Å². The van der Waals surface area contributed by atoms with Gasteiger partial charge in [0, 0.05) is 12.6 Å². The van der Waals surface area contributed by atoms with E-state index in [1.165, 1.54) is 0 Å². The zero-order valence-corrected chi connectivity index (χ0v) is 11.9. The van der Waals surface area contributed by atoms with Crippen LogP contribution in [0.1, 0.15) is 45.3 Å². The fraction of sp³-hybridized carbons (Fsp3) is 0.750. The Bertz CT molecular complexity index is 440. The molecule has 0 aromatic carbocycles. The summed E-state index contributed by atoms with van der Waals surface area (Å²) in [5.74, 6) is 0.447. The number of aliphatic hydroxyl groups excluding tert-OH is 1. The summed E-state index contributed by atoms with van der Waals surface area (Å²) in [7, 11) is 0. The first-order chi connectivity index (χ1) is 8.84. The van der Waals surface area contributed by atoms with E-state index < -0.39 is 4.92 Å². The molecule has 0 aliphatic rings. The van der Waals surface area contributed by atoms with E-state index in [2.05, 4.69) is 10.4 Å². The summed E-state index contributed by atoms with van der Waals surface area (Å²) < 4.78 is 1.63. The first kappa shape index (κ1) is 15.4. The molecule has 0 spiro atoms. The number of aliphatic hydroxyl groups is 1. The monoisotopic (exact) mass is 270 g/mol. The molecule has 108 valence electrons. The fourth-order valence-electron chi connectivity index (χ4n) is 1.90. The van der Waals surface area contributed by atoms with Gasteiger partial charge in [-0.25, -0.2) is 4.68 Å². The van der Waals surface area contributed by atoms with Crippen molar-refractivity contribution < 1.29 is 10.0 Å². The quantitative estimate of drug-likeness (QED) is 0.450. The highest BCUT2D eigenvalue weighted by molar-refractivity contribution is 5.59. The van der Waals surface area contributed by atoms with Crippen LogP contribution in [0.3, 0.4) is 0 Å². The number of rotatable bonds is 7. The largest absolute Gasteiger partial charge is 0.393 e. The van der Waals surface area contributed by atoms with Gasteiger partial charge in [-0.1, -0.05) is 0 Å². The van der Waals surface area contributed by atoms with Gasteiger partial charge in [0.2, 0.25) is 5.82 Å². The van der Waals surface area contributed by atoms with E-state index in [1.807, 2.05) is 13.8 Å². The van der Waals surface area contributed by atoms with Gasteiger partial charge in [-0.15, -0.1) is 0 Å². The third kappa shape index (κ3) is 3.92. The van der Waals surface area contributed by atoms with Crippen molar-refractivity contribution in [3.63, 3.8) is 0 Å². The molecule has 2 N–H and O–H groups in total. The van der Waals surface area contributed by atoms with Crippen molar-refractivity contribution in [1.29, 1.82) is 0 Å². The van der Waals surface area contributed by atoms with Gasteiger partial charge in [0.25, 0.3) is 0 Å². The van der Waals surface area contributed by atoms with Crippen LogP contribution in [-0.2, 0) is 0 Å². The summed E-state index contributed by atoms with van der Waals surface area (Å²) in [6.45, 7) is 7.79. The zero-order valence-electron chi connectivity index (χ0n) is 11.9. The van der Waals surface area contributed by atoms with Crippen LogP contribution in [0.15, 0.2) is 0 Å². The smallest absolute Gasteiger partial charge is 0.333 e. The molecule has 0 amide bonds. The number of hydrogen-bond donors (Lipinski definition) is 2. The van der Waals surface area contributed by atoms with Crippen LogP contribution >= 0.6 is 0 Å². The normalized spacial score (nSPS) is 12.7. The second-order valence-corrected chi connectivity index (χ2v) is 5.00. The summed E-state index contributed by atoms with van der Waals surface area (Å²) in [5.41, 5.74) is 0.447. The predicted octanol–water partition coefficient (Wildman–Crippen LogP) is 2.25. The lowest BCUT2D eigenvalue weighted by Gasteiger charge is -2.12. The highest BCUT2D eigenvalue weighted by atomic mass is 16.6. The van der Waals surface area contributed by atoms with Crippen molar-refractivity contribution in [2.45, 2.75) is 52.7 Å². The van der Waals surface area contributed by atoms with Gasteiger partial charge in [0.15, 0.2) is 0 Å². The molecule has 0 saturated carbocycles. The summed E-state index contributed by atoms with van der Waals surface area (Å²) >= 11 is 0. The standard InChI is InChI=1S/C12H22N4O3/c1-8(2)15-12(13-7-5-6-9(3)17)11(16(18)19)10(4)14-15/h8-9,13,17H,5-7H2,1-4H3. The molecule has 19 heavy (non-hydrogen) atoms. The average Bonchev–Trinajstić information content (AvgIpc) is 2.61. The Labute approximate surface area is 112 Å². The van der Waals surface area contributed by atoms with Gasteiger partial charge in [0.1, 0.15) is 5.69 Å². The van der Waals surface area contributed by atoms with Gasteiger partial charge < -0.3 is 10.4 Å². The number of aromatic nitrogens is 2. The van der Waals surface area contributed by atoms with Crippen LogP contribution in [0.25, 0.3) is 0 Å². The minimum atomic E-state index is -0.405. The third-order valence-electron chi connectivity index (χ3n) is 2.82. The number of aryl methyl sites for hydroxylation is 1. The van der Waals surface area contributed by atoms with Crippen molar-refractivity contribution in [3.8, 4) is 0 Å². The van der Waals surface area contributed by atoms with E-state index in [-0.39, 0.29) is 17.8 Å². The number of hydrogen-bond acceptors (Lipinski definition) is 5. The van der Waals surface area contributed by atoms with Gasteiger partial charge in [0.05, 0.1) is 11.0 Å². The molecule has 7 nitrogen and oxygen atoms in total. The Morgan fingerprint density at radius 2 is 2.11 bits per heavy atom. The van der Waals surface area contributed by atoms with Crippen LogP contribution in [0.4, 0.5) is 11.5 Å². The van der Waals surface area contributed by atoms with Crippen molar-refractivity contribution in [3.05, 3.63) is 15.8 Å². The van der Waals surface area contributed by atoms with Gasteiger partial charge in [-0.2, -0.15) is 5.10 Å². The average molecular weight is 270 g/mol. The number of nitro groups is 1. The SMILES string of the molecule is Cc1nn(C(C)C)c(NCCCC(C)O)c1[N+](=O)[O-]. The van der Waals surface area contributed by atoms with Crippen molar-refractivity contribution in [2.24, 2.45) is 0 Å². The van der Waals surface area contributed by atoms with E-state index >= 15 is 0 Å². The summed E-state index contributed by atoms with van der Waals surface area (Å²) in [6, 6.07) is 0.0478. The molecule has 1 unspecified atom stereocenters. The molecular weight excluding hydrogens is 248 g/mol. The molecule has 1 atom stereocenters. The second-order valence-electron chi connectivity index (χ2n) is 5.00. The van der Waals surface area contributed by atoms with Crippen LogP contribution in [0.5, 0.6) is 0 Å². The first-order valence-corrected chi connectivity index (χ1v) is 6.50. The summed E-state index contributed by atoms with van der Waals surface area (Å²) in [6.07, 6.45) is 1.06. The van der Waals surface area contributed by atoms with Gasteiger partial charge in [-0.05, 0) is 40.5 Å². The topological polar surface area (TPSA) is 93.2 Å². The van der Waals surface area contributed by atoms with Crippen LogP contribution in [0.2, 0.25) is 0 Å². The van der Waals surface area contributed by atoms with Gasteiger partial charge in [-0.3, -0.25) is 10.1 Å². The number of nitrogens with one attached hydrogen (secondary N) is 1. The van der Waals surface area contributed by atoms with Crippen LogP contribution < -0.4 is 5.32 Å². The van der Waals surface area contributed by atoms with E-state index in [9.17, 15) is 15.2 Å². The summed E-state index contributed by atoms with van der Waals surface area (Å²) in [4.78, 5) is 10.7. The molecule has 0 saturated heterocycles. The lowest BCUT2D eigenvalue weighted by molar-refractivity contribution is -0.384. The minimum absolute atomic E-state index is 0.0331. The molecule has 1 aromatic rings. The van der Waals surface area contributed by atoms with Crippen LogP contribution in [0, 0.1) is 17.0 Å². The Kier molecular flexibility index (Phi) is 5.29. The maximum absolute atomic E-state index is 11.1. The molecule has 0 aliphatic carbocycles. The molecule has 1 rings (SSSR count). The molecular formula is C12H22N4O3. The van der Waals surface area contributed by atoms with Crippen molar-refractivity contribution in [2.75, 3.05) is 11.9 Å². The Balaban J connectivity index is 2.86. The highest BCUT2D eigenvalue weighted by Gasteiger charge is 2.26. The van der Waals surface area contributed by atoms with Crippen molar-refractivity contribution >= 4 is 11.5 Å². The molecule has 0 radical (unpaired) electrons. The fourth-order valence-corrected chi connectivity index (χ4v) is 1.90. The number of nitrogens with zero attached hydrogens (tertiary/aromatic N) is 3. The van der Waals surface area contributed by atoms with E-state index in [0.717, 1.165) is 6.42 Å². The molecule has 1 heterocycles. The maximum Gasteiger partial charge on any atom is 0.333 e. The van der Waals surface area contributed by atoms with Crippen LogP contribution in [-0.4, -0.2) is 32.5 Å². The Morgan fingerprint density at radius 3 is 2.58 bits per heavy atom. The van der Waals surface area contributed by atoms with E-state index in [0.29, 0.717) is 24.5 Å². The minimum Gasteiger partial charge on any atom is -0.393 e. The predicted molar refractivity (Wildman–Crippen MR) is 73.4 cm³/mol. The Morgan fingerprint density at radius 1 is 1.47 bits per heavy atom. The summed E-state index contributed by atoms with van der Waals surface area (Å²) in [5, 5.41) is 27.6. The molecule has 7 heteroatoms. The van der Waals surface area contributed by atoms with E-state index in [1.54, 1.807) is 18.5 Å². The Hall–Kier alpha value is -1.63. The zero-order chi connectivity index (χ0) is 14.6. The number of anilines is 1. The molecule has 1 aromatic heterocycles. The second kappa shape index (κ2) is 6.51. The molecule has 0 fully saturated rings. The molecule has 0 bridgehead atoms. The lowest BCUT2D eigenvalue weighted by Crippen LogP contribution is -2.13. The maximum atomic E-state index is 11.1. The van der Waals surface area contributed by atoms with E-state index in [4.69, 9.17) is 0 Å². The van der Waals surface area contributed by atoms with Crippen molar-refractivity contribution in [1.82, 2.24) is 9.78 Å².